The lowest BCUT2D eigenvalue weighted by atomic mass is 10.0. The quantitative estimate of drug-likeness (QED) is 0.344. The number of pyridine rings is 1. The number of aromatic nitrogens is 3. The fourth-order valence-corrected chi connectivity index (χ4v) is 5.22. The number of piperazine rings is 1. The van der Waals surface area contributed by atoms with Crippen molar-refractivity contribution in [2.75, 3.05) is 36.8 Å². The Bertz CT molecular complexity index is 1360. The van der Waals surface area contributed by atoms with E-state index in [0.717, 1.165) is 79.6 Å². The summed E-state index contributed by atoms with van der Waals surface area (Å²) in [4.78, 5) is 12.1. The van der Waals surface area contributed by atoms with Crippen LogP contribution in [-0.2, 0) is 19.4 Å². The number of hydrogen-bond acceptors (Lipinski definition) is 6. The molecule has 5 rings (SSSR count). The van der Waals surface area contributed by atoms with Crippen molar-refractivity contribution in [2.45, 2.75) is 58.6 Å². The number of benzene rings is 2. The second kappa shape index (κ2) is 10.1. The van der Waals surface area contributed by atoms with Crippen LogP contribution in [0.25, 0.3) is 21.9 Å². The van der Waals surface area contributed by atoms with Gasteiger partial charge in [0.25, 0.3) is 0 Å². The Morgan fingerprint density at radius 2 is 1.83 bits per heavy atom. The van der Waals surface area contributed by atoms with Gasteiger partial charge in [-0.05, 0) is 56.0 Å². The van der Waals surface area contributed by atoms with Crippen LogP contribution in [0.3, 0.4) is 0 Å². The molecule has 3 heterocycles. The van der Waals surface area contributed by atoms with Gasteiger partial charge in [0.2, 0.25) is 0 Å². The molecule has 2 aromatic heterocycles. The number of aliphatic hydroxyl groups is 1. The van der Waals surface area contributed by atoms with Gasteiger partial charge in [-0.1, -0.05) is 37.6 Å². The van der Waals surface area contributed by atoms with E-state index in [9.17, 15) is 5.11 Å². The lowest BCUT2D eigenvalue weighted by Crippen LogP contribution is -2.43. The Morgan fingerprint density at radius 1 is 1.06 bits per heavy atom. The molecule has 1 aliphatic heterocycles. The molecular formula is C29H38N6O. The van der Waals surface area contributed by atoms with Crippen LogP contribution in [0.4, 0.5) is 11.5 Å². The first kappa shape index (κ1) is 24.5. The van der Waals surface area contributed by atoms with E-state index in [-0.39, 0.29) is 0 Å². The number of hydrogen-bond donors (Lipinski definition) is 3. The molecule has 0 amide bonds. The number of nitrogen functional groups attached to an aromatic ring is 1. The van der Waals surface area contributed by atoms with Gasteiger partial charge in [0.05, 0.1) is 23.2 Å². The van der Waals surface area contributed by atoms with E-state index in [4.69, 9.17) is 15.7 Å². The van der Waals surface area contributed by atoms with Crippen LogP contribution in [-0.4, -0.2) is 51.4 Å². The highest BCUT2D eigenvalue weighted by Gasteiger charge is 2.22. The summed E-state index contributed by atoms with van der Waals surface area (Å²) in [5.41, 5.74) is 11.9. The first-order valence-corrected chi connectivity index (χ1v) is 13.2. The number of rotatable bonds is 8. The van der Waals surface area contributed by atoms with Crippen molar-refractivity contribution in [1.29, 1.82) is 0 Å². The van der Waals surface area contributed by atoms with Crippen molar-refractivity contribution in [3.8, 4) is 0 Å². The highest BCUT2D eigenvalue weighted by Crippen LogP contribution is 2.31. The zero-order chi connectivity index (χ0) is 25.3. The lowest BCUT2D eigenvalue weighted by Gasteiger charge is -2.29. The zero-order valence-electron chi connectivity index (χ0n) is 21.7. The predicted octanol–water partition coefficient (Wildman–Crippen LogP) is 4.28. The molecule has 2 aromatic carbocycles. The Hall–Kier alpha value is -3.16. The molecule has 0 bridgehead atoms. The number of imidazole rings is 1. The molecular weight excluding hydrogens is 448 g/mol. The van der Waals surface area contributed by atoms with Crippen molar-refractivity contribution in [2.24, 2.45) is 0 Å². The Labute approximate surface area is 213 Å². The van der Waals surface area contributed by atoms with Crippen molar-refractivity contribution in [3.63, 3.8) is 0 Å². The summed E-state index contributed by atoms with van der Waals surface area (Å²) in [5.74, 6) is 1.41. The summed E-state index contributed by atoms with van der Waals surface area (Å²) in [5, 5.41) is 15.1. The van der Waals surface area contributed by atoms with E-state index >= 15 is 0 Å². The molecule has 0 saturated carbocycles. The SMILES string of the molecule is CCCCc1nc2c(N)nc3cc(Cc4cccc(N5CCNCC5)c4)ccc3c2n1CC(C)(C)O. The predicted molar refractivity (Wildman–Crippen MR) is 149 cm³/mol. The Balaban J connectivity index is 1.52. The molecule has 0 spiro atoms. The van der Waals surface area contributed by atoms with Gasteiger partial charge >= 0.3 is 0 Å². The van der Waals surface area contributed by atoms with Crippen LogP contribution in [0.5, 0.6) is 0 Å². The van der Waals surface area contributed by atoms with Crippen LogP contribution in [0.2, 0.25) is 0 Å². The molecule has 190 valence electrons. The number of nitrogens with two attached hydrogens (primary N) is 1. The van der Waals surface area contributed by atoms with Gasteiger partial charge in [-0.2, -0.15) is 0 Å². The molecule has 1 saturated heterocycles. The van der Waals surface area contributed by atoms with Crippen LogP contribution >= 0.6 is 0 Å². The minimum atomic E-state index is -0.867. The van der Waals surface area contributed by atoms with Crippen LogP contribution in [0.15, 0.2) is 42.5 Å². The number of aryl methyl sites for hydroxylation is 1. The monoisotopic (exact) mass is 486 g/mol. The Morgan fingerprint density at radius 3 is 2.58 bits per heavy atom. The molecule has 0 atom stereocenters. The first-order chi connectivity index (χ1) is 17.3. The van der Waals surface area contributed by atoms with Crippen molar-refractivity contribution in [1.82, 2.24) is 19.9 Å². The molecule has 4 aromatic rings. The summed E-state index contributed by atoms with van der Waals surface area (Å²) in [7, 11) is 0. The van der Waals surface area contributed by atoms with Crippen LogP contribution < -0.4 is 16.0 Å². The van der Waals surface area contributed by atoms with Gasteiger partial charge in [0.15, 0.2) is 5.82 Å². The van der Waals surface area contributed by atoms with Gasteiger partial charge in [-0.15, -0.1) is 0 Å². The van der Waals surface area contributed by atoms with E-state index in [1.54, 1.807) is 0 Å². The largest absolute Gasteiger partial charge is 0.389 e. The first-order valence-electron chi connectivity index (χ1n) is 13.2. The second-order valence-electron chi connectivity index (χ2n) is 10.7. The van der Waals surface area contributed by atoms with Crippen LogP contribution in [0.1, 0.15) is 50.6 Å². The van der Waals surface area contributed by atoms with Gasteiger partial charge in [-0.25, -0.2) is 9.97 Å². The average molecular weight is 487 g/mol. The maximum absolute atomic E-state index is 10.7. The molecule has 4 N–H and O–H groups in total. The maximum Gasteiger partial charge on any atom is 0.152 e. The molecule has 7 nitrogen and oxygen atoms in total. The van der Waals surface area contributed by atoms with Gasteiger partial charge in [0.1, 0.15) is 11.3 Å². The molecule has 0 unspecified atom stereocenters. The van der Waals surface area contributed by atoms with E-state index in [0.29, 0.717) is 12.4 Å². The molecule has 1 aliphatic rings. The van der Waals surface area contributed by atoms with E-state index in [1.807, 2.05) is 13.8 Å². The minimum absolute atomic E-state index is 0.447. The van der Waals surface area contributed by atoms with E-state index in [1.165, 1.54) is 16.8 Å². The molecule has 7 heteroatoms. The lowest BCUT2D eigenvalue weighted by molar-refractivity contribution is 0.0618. The Kier molecular flexibility index (Phi) is 6.86. The number of anilines is 2. The summed E-state index contributed by atoms with van der Waals surface area (Å²) in [6, 6.07) is 15.3. The number of unbranched alkanes of at least 4 members (excludes halogenated alkanes) is 1. The number of fused-ring (bicyclic) bond motifs is 3. The highest BCUT2D eigenvalue weighted by atomic mass is 16.3. The van der Waals surface area contributed by atoms with E-state index in [2.05, 4.69) is 64.2 Å². The van der Waals surface area contributed by atoms with Gasteiger partial charge in [0, 0.05) is 43.7 Å². The third-order valence-electron chi connectivity index (χ3n) is 6.95. The summed E-state index contributed by atoms with van der Waals surface area (Å²) >= 11 is 0. The summed E-state index contributed by atoms with van der Waals surface area (Å²) in [6.07, 6.45) is 3.81. The third-order valence-corrected chi connectivity index (χ3v) is 6.95. The fraction of sp³-hybridized carbons (Fsp3) is 0.448. The fourth-order valence-electron chi connectivity index (χ4n) is 5.22. The van der Waals surface area contributed by atoms with Crippen LogP contribution in [0, 0.1) is 0 Å². The molecule has 36 heavy (non-hydrogen) atoms. The molecule has 1 fully saturated rings. The molecule has 0 aliphatic carbocycles. The summed E-state index contributed by atoms with van der Waals surface area (Å²) < 4.78 is 2.15. The van der Waals surface area contributed by atoms with Crippen molar-refractivity contribution < 1.29 is 5.11 Å². The maximum atomic E-state index is 10.7. The highest BCUT2D eigenvalue weighted by molar-refractivity contribution is 6.06. The zero-order valence-corrected chi connectivity index (χ0v) is 21.7. The normalized spacial score (nSPS) is 14.7. The minimum Gasteiger partial charge on any atom is -0.389 e. The molecule has 0 radical (unpaired) electrons. The van der Waals surface area contributed by atoms with Gasteiger partial charge < -0.3 is 25.6 Å². The topological polar surface area (TPSA) is 92.2 Å². The standard InChI is InChI=1S/C29H38N6O/c1-4-5-9-25-33-26-27(35(25)19-29(2,3)36)23-11-10-21(18-24(23)32-28(26)30)16-20-7-6-8-22(17-20)34-14-12-31-13-15-34/h6-8,10-11,17-18,31,36H,4-5,9,12-16,19H2,1-3H3,(H2,30,32). The van der Waals surface area contributed by atoms with E-state index < -0.39 is 5.60 Å². The van der Waals surface area contributed by atoms with Gasteiger partial charge in [-0.3, -0.25) is 0 Å². The summed E-state index contributed by atoms with van der Waals surface area (Å²) in [6.45, 7) is 10.4. The van der Waals surface area contributed by atoms with Crippen molar-refractivity contribution in [3.05, 3.63) is 59.4 Å². The number of nitrogens with zero attached hydrogens (tertiary/aromatic N) is 4. The number of nitrogens with one attached hydrogen (secondary N) is 1. The average Bonchev–Trinajstić information content (AvgIpc) is 3.21. The third kappa shape index (κ3) is 5.18. The van der Waals surface area contributed by atoms with Crippen molar-refractivity contribution >= 4 is 33.4 Å². The second-order valence-corrected chi connectivity index (χ2v) is 10.7. The smallest absolute Gasteiger partial charge is 0.152 e.